The van der Waals surface area contributed by atoms with Crippen LogP contribution in [0.4, 0.5) is 0 Å². The first-order chi connectivity index (χ1) is 6.50. The quantitative estimate of drug-likeness (QED) is 0.615. The number of nitrogens with zero attached hydrogens (tertiary/aromatic N) is 1. The Morgan fingerprint density at radius 1 is 1.50 bits per heavy atom. The van der Waals surface area contributed by atoms with Gasteiger partial charge in [-0.25, -0.2) is 8.42 Å². The number of allylic oxidation sites excluding steroid dienone is 1. The Labute approximate surface area is 90.5 Å². The molecule has 2 rings (SSSR count). The molecular weight excluding hydrogens is 270 g/mol. The summed E-state index contributed by atoms with van der Waals surface area (Å²) in [6.45, 7) is 0. The van der Waals surface area contributed by atoms with E-state index < -0.39 is 10.0 Å². The third kappa shape index (κ3) is 1.52. The van der Waals surface area contributed by atoms with Gasteiger partial charge in [0.2, 0.25) is 10.0 Å². The van der Waals surface area contributed by atoms with Crippen molar-refractivity contribution in [3.8, 4) is 0 Å². The van der Waals surface area contributed by atoms with Gasteiger partial charge in [-0.05, 0) is 15.9 Å². The molecule has 0 fully saturated rings. The van der Waals surface area contributed by atoms with Crippen molar-refractivity contribution in [2.45, 2.75) is 12.5 Å². The molecule has 0 saturated heterocycles. The number of hydrogen-bond donors (Lipinski definition) is 0. The minimum atomic E-state index is -3.25. The first kappa shape index (κ1) is 9.92. The fraction of sp³-hybridized carbons (Fsp3) is 0.375. The van der Waals surface area contributed by atoms with Gasteiger partial charge in [0.15, 0.2) is 5.78 Å². The third-order valence-electron chi connectivity index (χ3n) is 2.21. The highest BCUT2D eigenvalue weighted by Gasteiger charge is 2.34. The van der Waals surface area contributed by atoms with E-state index in [4.69, 9.17) is 0 Å². The summed E-state index contributed by atoms with van der Waals surface area (Å²) in [4.78, 5) is 11.3. The van der Waals surface area contributed by atoms with Crippen LogP contribution in [0.3, 0.4) is 0 Å². The van der Waals surface area contributed by atoms with Gasteiger partial charge in [0.25, 0.3) is 0 Å². The monoisotopic (exact) mass is 277 g/mol. The van der Waals surface area contributed by atoms with Gasteiger partial charge in [-0.15, -0.1) is 0 Å². The van der Waals surface area contributed by atoms with Gasteiger partial charge in [0.1, 0.15) is 0 Å². The second kappa shape index (κ2) is 3.20. The topological polar surface area (TPSA) is 54.5 Å². The lowest BCUT2D eigenvalue weighted by molar-refractivity contribution is -0.115. The van der Waals surface area contributed by atoms with Crippen molar-refractivity contribution < 1.29 is 13.2 Å². The zero-order valence-electron chi connectivity index (χ0n) is 7.18. The molecule has 4 nitrogen and oxygen atoms in total. The van der Waals surface area contributed by atoms with E-state index in [-0.39, 0.29) is 24.0 Å². The van der Waals surface area contributed by atoms with Crippen molar-refractivity contribution >= 4 is 31.7 Å². The van der Waals surface area contributed by atoms with Gasteiger partial charge < -0.3 is 0 Å². The molecule has 2 aliphatic rings. The summed E-state index contributed by atoms with van der Waals surface area (Å²) in [6, 6.07) is -0.331. The molecule has 2 aliphatic heterocycles. The van der Waals surface area contributed by atoms with Crippen LogP contribution in [0.5, 0.6) is 0 Å². The van der Waals surface area contributed by atoms with Gasteiger partial charge >= 0.3 is 0 Å². The van der Waals surface area contributed by atoms with Crippen molar-refractivity contribution in [1.29, 1.82) is 0 Å². The molecule has 76 valence electrons. The molecule has 0 amide bonds. The number of ketones is 1. The standard InChI is InChI=1S/C8H8BrNO3S/c9-7-5-10-6(4-8(7)11)2-1-3-14(10,12)13/h1-2,5-6H,3-4H2. The summed E-state index contributed by atoms with van der Waals surface area (Å²) in [5, 5.41) is 0. The van der Waals surface area contributed by atoms with Crippen LogP contribution in [0.15, 0.2) is 22.8 Å². The number of carbonyl (C=O) groups excluding carboxylic acids is 1. The summed E-state index contributed by atoms with van der Waals surface area (Å²) in [6.07, 6.45) is 4.92. The maximum atomic E-state index is 11.6. The molecule has 0 N–H and O–H groups in total. The lowest BCUT2D eigenvalue weighted by Crippen LogP contribution is -2.42. The van der Waals surface area contributed by atoms with Gasteiger partial charge in [0, 0.05) is 12.6 Å². The van der Waals surface area contributed by atoms with Crippen molar-refractivity contribution in [3.05, 3.63) is 22.8 Å². The molecule has 0 spiro atoms. The zero-order valence-corrected chi connectivity index (χ0v) is 9.58. The van der Waals surface area contributed by atoms with E-state index in [1.54, 1.807) is 12.2 Å². The van der Waals surface area contributed by atoms with Crippen LogP contribution >= 0.6 is 15.9 Å². The fourth-order valence-corrected chi connectivity index (χ4v) is 3.38. The first-order valence-electron chi connectivity index (χ1n) is 4.09. The summed E-state index contributed by atoms with van der Waals surface area (Å²) in [7, 11) is -3.25. The van der Waals surface area contributed by atoms with Crippen LogP contribution in [0.25, 0.3) is 0 Å². The third-order valence-corrected chi connectivity index (χ3v) is 4.49. The van der Waals surface area contributed by atoms with E-state index in [0.717, 1.165) is 0 Å². The van der Waals surface area contributed by atoms with Crippen LogP contribution < -0.4 is 0 Å². The van der Waals surface area contributed by atoms with Crippen LogP contribution in [0.2, 0.25) is 0 Å². The normalized spacial score (nSPS) is 29.8. The number of halogens is 1. The Kier molecular flexibility index (Phi) is 2.27. The second-order valence-electron chi connectivity index (χ2n) is 3.21. The van der Waals surface area contributed by atoms with Crippen molar-refractivity contribution in [2.24, 2.45) is 0 Å². The van der Waals surface area contributed by atoms with Crippen LogP contribution in [0, 0.1) is 0 Å². The fourth-order valence-electron chi connectivity index (χ4n) is 1.52. The Morgan fingerprint density at radius 2 is 2.21 bits per heavy atom. The number of carbonyl (C=O) groups is 1. The Hall–Kier alpha value is -0.620. The number of fused-ring (bicyclic) bond motifs is 1. The minimum absolute atomic E-state index is 0.00840. The Morgan fingerprint density at radius 3 is 2.93 bits per heavy atom. The number of rotatable bonds is 0. The van der Waals surface area contributed by atoms with E-state index in [0.29, 0.717) is 4.48 Å². The van der Waals surface area contributed by atoms with Crippen molar-refractivity contribution in [1.82, 2.24) is 4.31 Å². The summed E-state index contributed by atoms with van der Waals surface area (Å²) < 4.78 is 24.7. The molecule has 0 aromatic heterocycles. The van der Waals surface area contributed by atoms with Crippen molar-refractivity contribution in [3.63, 3.8) is 0 Å². The highest BCUT2D eigenvalue weighted by atomic mass is 79.9. The van der Waals surface area contributed by atoms with E-state index in [9.17, 15) is 13.2 Å². The maximum Gasteiger partial charge on any atom is 0.238 e. The molecular formula is C8H8BrNO3S. The van der Waals surface area contributed by atoms with Crippen LogP contribution in [0.1, 0.15) is 6.42 Å². The first-order valence-corrected chi connectivity index (χ1v) is 6.49. The molecule has 0 bridgehead atoms. The lowest BCUT2D eigenvalue weighted by atomic mass is 10.1. The SMILES string of the molecule is O=C1CC2C=CCS(=O)(=O)N2C=C1Br. The summed E-state index contributed by atoms with van der Waals surface area (Å²) in [5.41, 5.74) is 0. The highest BCUT2D eigenvalue weighted by Crippen LogP contribution is 2.27. The summed E-state index contributed by atoms with van der Waals surface area (Å²) in [5.74, 6) is -0.0536. The largest absolute Gasteiger partial charge is 0.293 e. The molecule has 1 unspecified atom stereocenters. The van der Waals surface area contributed by atoms with Gasteiger partial charge in [-0.1, -0.05) is 12.2 Å². The molecule has 0 radical (unpaired) electrons. The van der Waals surface area contributed by atoms with Crippen LogP contribution in [-0.4, -0.2) is 30.3 Å². The van der Waals surface area contributed by atoms with E-state index >= 15 is 0 Å². The van der Waals surface area contributed by atoms with E-state index in [2.05, 4.69) is 15.9 Å². The molecule has 0 aromatic rings. The molecule has 14 heavy (non-hydrogen) atoms. The zero-order chi connectivity index (χ0) is 10.3. The average molecular weight is 278 g/mol. The molecule has 2 heterocycles. The number of hydrogen-bond acceptors (Lipinski definition) is 3. The second-order valence-corrected chi connectivity index (χ2v) is 5.98. The van der Waals surface area contributed by atoms with Crippen LogP contribution in [-0.2, 0) is 14.8 Å². The lowest BCUT2D eigenvalue weighted by Gasteiger charge is -2.33. The highest BCUT2D eigenvalue weighted by molar-refractivity contribution is 9.12. The van der Waals surface area contributed by atoms with Crippen molar-refractivity contribution in [2.75, 3.05) is 5.75 Å². The molecule has 0 aliphatic carbocycles. The molecule has 0 saturated carbocycles. The van der Waals surface area contributed by atoms with Gasteiger partial charge in [-0.2, -0.15) is 0 Å². The van der Waals surface area contributed by atoms with Gasteiger partial charge in [0.05, 0.1) is 16.3 Å². The van der Waals surface area contributed by atoms with E-state index in [1.165, 1.54) is 10.5 Å². The molecule has 1 atom stereocenters. The number of Topliss-reactive ketones (excluding diaryl/α,β-unsaturated/α-hetero) is 1. The smallest absolute Gasteiger partial charge is 0.238 e. The van der Waals surface area contributed by atoms with E-state index in [1.807, 2.05) is 0 Å². The Bertz CT molecular complexity index is 438. The average Bonchev–Trinajstić information content (AvgIpc) is 2.08. The predicted molar refractivity (Wildman–Crippen MR) is 55.2 cm³/mol. The molecule has 6 heteroatoms. The Balaban J connectivity index is 2.48. The maximum absolute atomic E-state index is 11.6. The number of sulfonamides is 1. The molecule has 0 aromatic carbocycles. The van der Waals surface area contributed by atoms with Gasteiger partial charge in [-0.3, -0.25) is 9.10 Å². The minimum Gasteiger partial charge on any atom is -0.293 e. The summed E-state index contributed by atoms with van der Waals surface area (Å²) >= 11 is 3.05. The predicted octanol–water partition coefficient (Wildman–Crippen LogP) is 0.766.